The van der Waals surface area contributed by atoms with Crippen LogP contribution in [0.4, 0.5) is 0 Å². The normalized spacial score (nSPS) is 20.6. The van der Waals surface area contributed by atoms with Crippen molar-refractivity contribution in [2.75, 3.05) is 7.11 Å². The van der Waals surface area contributed by atoms with Crippen LogP contribution in [0.2, 0.25) is 0 Å². The number of aromatic nitrogens is 2. The van der Waals surface area contributed by atoms with Crippen LogP contribution in [-0.4, -0.2) is 22.0 Å². The molecule has 1 aromatic heterocycles. The van der Waals surface area contributed by atoms with Gasteiger partial charge in [0.25, 0.3) is 0 Å². The highest BCUT2D eigenvalue weighted by Gasteiger charge is 2.43. The van der Waals surface area contributed by atoms with Gasteiger partial charge in [-0.25, -0.2) is 0 Å². The molecule has 1 heterocycles. The Morgan fingerprint density at radius 2 is 2.24 bits per heavy atom. The lowest BCUT2D eigenvalue weighted by molar-refractivity contribution is 0.0697. The standard InChI is InChI=1S/C17H22N2O2/c1-4-9-19-16(15(21-3)11-18-19)17(20)8-7-13-6-5-12(2)10-14(13)17/h5-6,10-11,20H,4,7-9H2,1-3H3. The molecule has 0 aliphatic heterocycles. The van der Waals surface area contributed by atoms with Gasteiger partial charge < -0.3 is 9.84 Å². The highest BCUT2D eigenvalue weighted by molar-refractivity contribution is 5.48. The highest BCUT2D eigenvalue weighted by atomic mass is 16.5. The number of methoxy groups -OCH3 is 1. The zero-order chi connectivity index (χ0) is 15.0. The van der Waals surface area contributed by atoms with Crippen LogP contribution in [0.1, 0.15) is 42.1 Å². The van der Waals surface area contributed by atoms with E-state index in [1.165, 1.54) is 5.56 Å². The molecule has 2 aromatic rings. The maximum atomic E-state index is 11.4. The summed E-state index contributed by atoms with van der Waals surface area (Å²) in [5.74, 6) is 0.667. The summed E-state index contributed by atoms with van der Waals surface area (Å²) in [5.41, 5.74) is 3.16. The average Bonchev–Trinajstić information content (AvgIpc) is 3.02. The van der Waals surface area contributed by atoms with Gasteiger partial charge in [-0.1, -0.05) is 30.7 Å². The third-order valence-electron chi connectivity index (χ3n) is 4.32. The fourth-order valence-electron chi connectivity index (χ4n) is 3.31. The van der Waals surface area contributed by atoms with Crippen LogP contribution in [0.3, 0.4) is 0 Å². The number of ether oxygens (including phenoxy) is 1. The molecule has 1 aliphatic carbocycles. The molecule has 0 radical (unpaired) electrons. The van der Waals surface area contributed by atoms with Crippen molar-refractivity contribution in [2.24, 2.45) is 0 Å². The van der Waals surface area contributed by atoms with Crippen molar-refractivity contribution in [2.45, 2.75) is 45.3 Å². The first kappa shape index (κ1) is 14.1. The Morgan fingerprint density at radius 3 is 2.95 bits per heavy atom. The highest BCUT2D eigenvalue weighted by Crippen LogP contribution is 2.45. The predicted octanol–water partition coefficient (Wildman–Crippen LogP) is 2.79. The summed E-state index contributed by atoms with van der Waals surface area (Å²) < 4.78 is 7.34. The Kier molecular flexibility index (Phi) is 3.49. The van der Waals surface area contributed by atoms with E-state index in [4.69, 9.17) is 4.74 Å². The fourth-order valence-corrected chi connectivity index (χ4v) is 3.31. The minimum absolute atomic E-state index is 0.667. The molecule has 1 N–H and O–H groups in total. The summed E-state index contributed by atoms with van der Waals surface area (Å²) in [5, 5.41) is 15.8. The smallest absolute Gasteiger partial charge is 0.163 e. The molecule has 0 saturated heterocycles. The number of nitrogens with zero attached hydrogens (tertiary/aromatic N) is 2. The number of benzene rings is 1. The second-order valence-electron chi connectivity index (χ2n) is 5.81. The molecule has 3 rings (SSSR count). The first-order chi connectivity index (χ1) is 10.1. The molecule has 4 nitrogen and oxygen atoms in total. The maximum absolute atomic E-state index is 11.4. The van der Waals surface area contributed by atoms with E-state index < -0.39 is 5.60 Å². The number of aryl methyl sites for hydroxylation is 3. The molecule has 1 aromatic carbocycles. The third-order valence-corrected chi connectivity index (χ3v) is 4.32. The minimum atomic E-state index is -1.00. The molecule has 0 bridgehead atoms. The molecule has 0 fully saturated rings. The zero-order valence-corrected chi connectivity index (χ0v) is 12.9. The van der Waals surface area contributed by atoms with Gasteiger partial charge in [-0.3, -0.25) is 4.68 Å². The quantitative estimate of drug-likeness (QED) is 0.940. The Labute approximate surface area is 125 Å². The van der Waals surface area contributed by atoms with Gasteiger partial charge in [-0.05, 0) is 37.3 Å². The van der Waals surface area contributed by atoms with Crippen LogP contribution >= 0.6 is 0 Å². The van der Waals surface area contributed by atoms with Gasteiger partial charge in [-0.2, -0.15) is 5.10 Å². The summed E-state index contributed by atoms with van der Waals surface area (Å²) in [6, 6.07) is 6.31. The number of fused-ring (bicyclic) bond motifs is 1. The molecule has 21 heavy (non-hydrogen) atoms. The average molecular weight is 286 g/mol. The number of rotatable bonds is 4. The van der Waals surface area contributed by atoms with Crippen molar-refractivity contribution >= 4 is 0 Å². The second kappa shape index (κ2) is 5.19. The van der Waals surface area contributed by atoms with Gasteiger partial charge in [-0.15, -0.1) is 0 Å². The van der Waals surface area contributed by atoms with Gasteiger partial charge in [0.05, 0.1) is 13.3 Å². The molecule has 0 spiro atoms. The van der Waals surface area contributed by atoms with Crippen molar-refractivity contribution in [3.05, 3.63) is 46.8 Å². The summed E-state index contributed by atoms with van der Waals surface area (Å²) in [6.07, 6.45) is 4.23. The first-order valence-electron chi connectivity index (χ1n) is 7.52. The molecule has 1 unspecified atom stereocenters. The molecule has 0 amide bonds. The van der Waals surface area contributed by atoms with E-state index in [2.05, 4.69) is 37.1 Å². The summed E-state index contributed by atoms with van der Waals surface area (Å²) >= 11 is 0. The van der Waals surface area contributed by atoms with E-state index in [0.29, 0.717) is 12.2 Å². The van der Waals surface area contributed by atoms with Crippen molar-refractivity contribution in [1.82, 2.24) is 9.78 Å². The van der Waals surface area contributed by atoms with E-state index in [1.54, 1.807) is 13.3 Å². The number of hydrogen-bond acceptors (Lipinski definition) is 3. The lowest BCUT2D eigenvalue weighted by atomic mass is 9.90. The summed E-state index contributed by atoms with van der Waals surface area (Å²) in [6.45, 7) is 4.94. The fraction of sp³-hybridized carbons (Fsp3) is 0.471. The Hall–Kier alpha value is -1.81. The third kappa shape index (κ3) is 2.14. The van der Waals surface area contributed by atoms with Gasteiger partial charge in [0.1, 0.15) is 11.3 Å². The summed E-state index contributed by atoms with van der Waals surface area (Å²) in [4.78, 5) is 0. The van der Waals surface area contributed by atoms with Crippen LogP contribution in [0, 0.1) is 6.92 Å². The molecule has 4 heteroatoms. The van der Waals surface area contributed by atoms with Crippen molar-refractivity contribution in [3.8, 4) is 5.75 Å². The topological polar surface area (TPSA) is 47.3 Å². The lowest BCUT2D eigenvalue weighted by Gasteiger charge is -2.26. The minimum Gasteiger partial charge on any atom is -0.493 e. The van der Waals surface area contributed by atoms with Crippen LogP contribution in [-0.2, 0) is 18.6 Å². The SMILES string of the molecule is CCCn1ncc(OC)c1C1(O)CCc2ccc(C)cc21. The molecular weight excluding hydrogens is 264 g/mol. The van der Waals surface area contributed by atoms with Crippen LogP contribution in [0.25, 0.3) is 0 Å². The van der Waals surface area contributed by atoms with E-state index in [-0.39, 0.29) is 0 Å². The largest absolute Gasteiger partial charge is 0.493 e. The van der Waals surface area contributed by atoms with E-state index in [9.17, 15) is 5.11 Å². The molecule has 112 valence electrons. The predicted molar refractivity (Wildman–Crippen MR) is 81.6 cm³/mol. The van der Waals surface area contributed by atoms with Crippen molar-refractivity contribution < 1.29 is 9.84 Å². The summed E-state index contributed by atoms with van der Waals surface area (Å²) in [7, 11) is 1.63. The lowest BCUT2D eigenvalue weighted by Crippen LogP contribution is -2.28. The monoisotopic (exact) mass is 286 g/mol. The van der Waals surface area contributed by atoms with Gasteiger partial charge in [0.2, 0.25) is 0 Å². The van der Waals surface area contributed by atoms with Gasteiger partial charge >= 0.3 is 0 Å². The maximum Gasteiger partial charge on any atom is 0.163 e. The Balaban J connectivity index is 2.17. The van der Waals surface area contributed by atoms with E-state index >= 15 is 0 Å². The number of hydrogen-bond donors (Lipinski definition) is 1. The Bertz CT molecular complexity index is 663. The van der Waals surface area contributed by atoms with Crippen LogP contribution < -0.4 is 4.74 Å². The first-order valence-corrected chi connectivity index (χ1v) is 7.52. The second-order valence-corrected chi connectivity index (χ2v) is 5.81. The van der Waals surface area contributed by atoms with Crippen LogP contribution in [0.15, 0.2) is 24.4 Å². The zero-order valence-electron chi connectivity index (χ0n) is 12.9. The van der Waals surface area contributed by atoms with Crippen molar-refractivity contribution in [3.63, 3.8) is 0 Å². The Morgan fingerprint density at radius 1 is 1.43 bits per heavy atom. The van der Waals surface area contributed by atoms with E-state index in [0.717, 1.165) is 36.2 Å². The van der Waals surface area contributed by atoms with Crippen LogP contribution in [0.5, 0.6) is 5.75 Å². The number of aliphatic hydroxyl groups is 1. The molecule has 1 aliphatic rings. The molecule has 1 atom stereocenters. The van der Waals surface area contributed by atoms with E-state index in [1.807, 2.05) is 4.68 Å². The van der Waals surface area contributed by atoms with Crippen molar-refractivity contribution in [1.29, 1.82) is 0 Å². The molecular formula is C17H22N2O2. The van der Waals surface area contributed by atoms with Gasteiger partial charge in [0, 0.05) is 6.54 Å². The molecule has 0 saturated carbocycles. The van der Waals surface area contributed by atoms with Gasteiger partial charge in [0.15, 0.2) is 5.75 Å².